The maximum atomic E-state index is 14.2. The Hall–Kier alpha value is -3.84. The first kappa shape index (κ1) is 32.1. The molecule has 17 heteroatoms. The number of ether oxygens (including phenoxy) is 4. The zero-order valence-corrected chi connectivity index (χ0v) is 24.8. The highest BCUT2D eigenvalue weighted by Crippen LogP contribution is 2.42. The molecule has 1 aliphatic heterocycles. The number of benzene rings is 1. The maximum absolute atomic E-state index is 14.2. The fourth-order valence-electron chi connectivity index (χ4n) is 4.26. The number of carbonyl (C=O) groups is 3. The Kier molecular flexibility index (Phi) is 10.2. The quantitative estimate of drug-likeness (QED) is 0.193. The molecule has 3 heterocycles. The number of pyridine rings is 1. The van der Waals surface area contributed by atoms with Crippen LogP contribution in [0.2, 0.25) is 10.0 Å². The Morgan fingerprint density at radius 2 is 1.72 bits per heavy atom. The molecular weight excluding hydrogens is 635 g/mol. The summed E-state index contributed by atoms with van der Waals surface area (Å²) in [5.41, 5.74) is -1.18. The molecule has 226 valence electrons. The van der Waals surface area contributed by atoms with Gasteiger partial charge in [0.15, 0.2) is 17.9 Å². The molecule has 3 aromatic rings. The third-order valence-electron chi connectivity index (χ3n) is 5.94. The molecule has 1 aliphatic rings. The van der Waals surface area contributed by atoms with Crippen LogP contribution >= 0.6 is 35.0 Å². The van der Waals surface area contributed by atoms with Crippen LogP contribution in [0.5, 0.6) is 0 Å². The topological polar surface area (TPSA) is 156 Å². The van der Waals surface area contributed by atoms with E-state index < -0.39 is 71.0 Å². The van der Waals surface area contributed by atoms with E-state index in [1.807, 2.05) is 6.07 Å². The minimum atomic E-state index is -1.29. The SMILES string of the molecule is CC(=O)OCC1O[C@H](Sc2cc(Cl)cnc2C#N)C(OC(C)=O)C(n2cc(-c3cc(F)c(Cl)c(F)c3)nn2)[C@H]1OC(C)=O. The molecule has 0 N–H and O–H groups in total. The summed E-state index contributed by atoms with van der Waals surface area (Å²) in [6.07, 6.45) is -1.17. The molecule has 0 spiro atoms. The molecule has 0 aliphatic carbocycles. The molecule has 0 saturated carbocycles. The van der Waals surface area contributed by atoms with Crippen LogP contribution in [0, 0.1) is 23.0 Å². The van der Waals surface area contributed by atoms with E-state index in [1.165, 1.54) is 30.1 Å². The molecule has 4 rings (SSSR count). The molecule has 1 fully saturated rings. The summed E-state index contributed by atoms with van der Waals surface area (Å²) in [6, 6.07) is 4.11. The molecule has 3 unspecified atom stereocenters. The molecule has 0 bridgehead atoms. The highest BCUT2D eigenvalue weighted by Gasteiger charge is 2.52. The molecule has 1 aromatic carbocycles. The lowest BCUT2D eigenvalue weighted by molar-refractivity contribution is -0.212. The Morgan fingerprint density at radius 1 is 1.07 bits per heavy atom. The van der Waals surface area contributed by atoms with E-state index in [4.69, 9.17) is 42.1 Å². The molecule has 12 nitrogen and oxygen atoms in total. The van der Waals surface area contributed by atoms with E-state index in [1.54, 1.807) is 0 Å². The summed E-state index contributed by atoms with van der Waals surface area (Å²) in [6.45, 7) is 3.03. The van der Waals surface area contributed by atoms with Gasteiger partial charge in [-0.1, -0.05) is 40.2 Å². The normalized spacial score (nSPS) is 21.5. The van der Waals surface area contributed by atoms with Crippen molar-refractivity contribution in [1.82, 2.24) is 20.0 Å². The lowest BCUT2D eigenvalue weighted by atomic mass is 9.96. The molecule has 5 atom stereocenters. The van der Waals surface area contributed by atoms with Crippen LogP contribution in [-0.4, -0.2) is 68.2 Å². The monoisotopic (exact) mass is 655 g/mol. The smallest absolute Gasteiger partial charge is 0.303 e. The van der Waals surface area contributed by atoms with Crippen molar-refractivity contribution in [2.24, 2.45) is 0 Å². The van der Waals surface area contributed by atoms with Gasteiger partial charge in [0.2, 0.25) is 0 Å². The van der Waals surface area contributed by atoms with Crippen molar-refractivity contribution in [3.63, 3.8) is 0 Å². The fraction of sp³-hybridized carbons (Fsp3) is 0.346. The van der Waals surface area contributed by atoms with Crippen LogP contribution in [0.25, 0.3) is 11.3 Å². The van der Waals surface area contributed by atoms with Gasteiger partial charge in [-0.3, -0.25) is 14.4 Å². The zero-order chi connectivity index (χ0) is 31.4. The van der Waals surface area contributed by atoms with Gasteiger partial charge < -0.3 is 18.9 Å². The first-order valence-corrected chi connectivity index (χ1v) is 13.9. The van der Waals surface area contributed by atoms with Crippen molar-refractivity contribution < 1.29 is 42.1 Å². The minimum absolute atomic E-state index is 0.00402. The Balaban J connectivity index is 1.85. The third kappa shape index (κ3) is 7.57. The van der Waals surface area contributed by atoms with Gasteiger partial charge in [0.1, 0.15) is 52.6 Å². The van der Waals surface area contributed by atoms with E-state index in [0.717, 1.165) is 37.7 Å². The minimum Gasteiger partial charge on any atom is -0.463 e. The number of hydrogen-bond acceptors (Lipinski definition) is 12. The second kappa shape index (κ2) is 13.6. The van der Waals surface area contributed by atoms with E-state index in [9.17, 15) is 28.4 Å². The van der Waals surface area contributed by atoms with Gasteiger partial charge >= 0.3 is 17.9 Å². The number of esters is 3. The predicted molar refractivity (Wildman–Crippen MR) is 146 cm³/mol. The number of nitrogens with zero attached hydrogens (tertiary/aromatic N) is 5. The van der Waals surface area contributed by atoms with E-state index in [0.29, 0.717) is 0 Å². The summed E-state index contributed by atoms with van der Waals surface area (Å²) >= 11 is 12.6. The number of thioether (sulfide) groups is 1. The zero-order valence-electron chi connectivity index (χ0n) is 22.5. The van der Waals surface area contributed by atoms with Crippen molar-refractivity contribution in [2.75, 3.05) is 6.61 Å². The number of rotatable bonds is 8. The maximum Gasteiger partial charge on any atom is 0.303 e. The molecule has 0 radical (unpaired) electrons. The fourth-order valence-corrected chi connectivity index (χ4v) is 5.79. The standard InChI is InChI=1S/C26H21Cl2F2N5O7S/c1-11(36)39-10-20-24(40-12(2)37)23(35-9-19(33-34-35)14-4-16(29)22(28)17(30)5-14)25(41-13(3)38)26(42-20)43-21-6-15(27)8-32-18(21)7-31/h4-6,8-9,20,23-26H,10H2,1-3H3/t20?,23?,24-,25?,26+/m0/s1. The van der Waals surface area contributed by atoms with Crippen LogP contribution in [0.15, 0.2) is 35.5 Å². The number of halogens is 4. The number of nitriles is 1. The average Bonchev–Trinajstić information content (AvgIpc) is 3.41. The van der Waals surface area contributed by atoms with Crippen molar-refractivity contribution in [3.8, 4) is 17.3 Å². The van der Waals surface area contributed by atoms with Gasteiger partial charge in [-0.2, -0.15) is 5.26 Å². The molecule has 2 aromatic heterocycles. The lowest BCUT2D eigenvalue weighted by Crippen LogP contribution is -2.57. The Bertz CT molecular complexity index is 1580. The Labute approximate surface area is 257 Å². The highest BCUT2D eigenvalue weighted by atomic mass is 35.5. The Morgan fingerprint density at radius 3 is 2.33 bits per heavy atom. The van der Waals surface area contributed by atoms with Gasteiger partial charge in [-0.15, -0.1) is 5.10 Å². The van der Waals surface area contributed by atoms with Crippen LogP contribution < -0.4 is 0 Å². The highest BCUT2D eigenvalue weighted by molar-refractivity contribution is 7.99. The van der Waals surface area contributed by atoms with Gasteiger partial charge in [-0.25, -0.2) is 18.4 Å². The predicted octanol–water partition coefficient (Wildman–Crippen LogP) is 4.28. The van der Waals surface area contributed by atoms with E-state index >= 15 is 0 Å². The summed E-state index contributed by atoms with van der Waals surface area (Å²) in [5.74, 6) is -4.24. The van der Waals surface area contributed by atoms with Crippen molar-refractivity contribution in [1.29, 1.82) is 5.26 Å². The molecule has 0 amide bonds. The van der Waals surface area contributed by atoms with Gasteiger partial charge in [-0.05, 0) is 18.2 Å². The largest absolute Gasteiger partial charge is 0.463 e. The summed E-state index contributed by atoms with van der Waals surface area (Å²) in [7, 11) is 0. The lowest BCUT2D eigenvalue weighted by Gasteiger charge is -2.44. The summed E-state index contributed by atoms with van der Waals surface area (Å²) in [5, 5.41) is 17.2. The van der Waals surface area contributed by atoms with Crippen LogP contribution in [0.1, 0.15) is 32.5 Å². The van der Waals surface area contributed by atoms with Crippen LogP contribution in [-0.2, 0) is 33.3 Å². The summed E-state index contributed by atoms with van der Waals surface area (Å²) in [4.78, 5) is 40.5. The average molecular weight is 656 g/mol. The number of hydrogen-bond donors (Lipinski definition) is 0. The van der Waals surface area contributed by atoms with Gasteiger partial charge in [0.25, 0.3) is 0 Å². The first-order valence-electron chi connectivity index (χ1n) is 12.3. The van der Waals surface area contributed by atoms with Crippen LogP contribution in [0.3, 0.4) is 0 Å². The second-order valence-electron chi connectivity index (χ2n) is 9.05. The second-order valence-corrected chi connectivity index (χ2v) is 11.0. The molecule has 43 heavy (non-hydrogen) atoms. The third-order valence-corrected chi connectivity index (χ3v) is 7.68. The number of aromatic nitrogens is 4. The van der Waals surface area contributed by atoms with Crippen molar-refractivity contribution in [3.05, 3.63) is 58.0 Å². The van der Waals surface area contributed by atoms with Crippen molar-refractivity contribution >= 4 is 52.9 Å². The first-order chi connectivity index (χ1) is 20.4. The van der Waals surface area contributed by atoms with Crippen LogP contribution in [0.4, 0.5) is 8.78 Å². The number of carbonyl (C=O) groups excluding carboxylic acids is 3. The molecular formula is C26H21Cl2F2N5O7S. The van der Waals surface area contributed by atoms with Gasteiger partial charge in [0, 0.05) is 37.4 Å². The molecule has 1 saturated heterocycles. The van der Waals surface area contributed by atoms with E-state index in [-0.39, 0.29) is 26.9 Å². The summed E-state index contributed by atoms with van der Waals surface area (Å²) < 4.78 is 52.2. The van der Waals surface area contributed by atoms with Gasteiger partial charge in [0.05, 0.1) is 11.2 Å². The van der Waals surface area contributed by atoms with E-state index in [2.05, 4.69) is 15.3 Å². The van der Waals surface area contributed by atoms with Crippen molar-refractivity contribution in [2.45, 2.75) is 55.5 Å².